The van der Waals surface area contributed by atoms with Crippen LogP contribution >= 0.6 is 0 Å². The van der Waals surface area contributed by atoms with Crippen LogP contribution < -0.4 is 4.31 Å². The van der Waals surface area contributed by atoms with Crippen molar-refractivity contribution in [1.82, 2.24) is 14.7 Å². The minimum Gasteiger partial charge on any atom is -0.332 e. The summed E-state index contributed by atoms with van der Waals surface area (Å²) in [5.41, 5.74) is 2.58. The van der Waals surface area contributed by atoms with Crippen molar-refractivity contribution in [3.8, 4) is 0 Å². The molecule has 1 atom stereocenters. The van der Waals surface area contributed by atoms with Gasteiger partial charge in [0.05, 0.1) is 42.8 Å². The molecule has 1 fully saturated rings. The summed E-state index contributed by atoms with van der Waals surface area (Å²) < 4.78 is 41.3. The number of amides is 1. The van der Waals surface area contributed by atoms with Gasteiger partial charge >= 0.3 is 0 Å². The number of hydrogen-bond acceptors (Lipinski definition) is 4. The quantitative estimate of drug-likeness (QED) is 0.780. The van der Waals surface area contributed by atoms with Crippen molar-refractivity contribution in [2.24, 2.45) is 0 Å². The lowest BCUT2D eigenvalue weighted by Gasteiger charge is -2.35. The molecule has 7 nitrogen and oxygen atoms in total. The first-order valence-corrected chi connectivity index (χ1v) is 11.0. The van der Waals surface area contributed by atoms with E-state index >= 15 is 0 Å². The second kappa shape index (κ2) is 6.88. The predicted molar refractivity (Wildman–Crippen MR) is 103 cm³/mol. The molecular weight excluding hydrogens is 383 g/mol. The third-order valence-electron chi connectivity index (χ3n) is 5.48. The monoisotopic (exact) mass is 406 g/mol. The van der Waals surface area contributed by atoms with Gasteiger partial charge in [0.2, 0.25) is 15.9 Å². The van der Waals surface area contributed by atoms with Crippen LogP contribution in [0.15, 0.2) is 24.4 Å². The first-order valence-electron chi connectivity index (χ1n) is 9.36. The zero-order chi connectivity index (χ0) is 20.1. The van der Waals surface area contributed by atoms with Crippen molar-refractivity contribution in [2.75, 3.05) is 16.6 Å². The first kappa shape index (κ1) is 18.9. The topological polar surface area (TPSA) is 75.5 Å². The van der Waals surface area contributed by atoms with Crippen LogP contribution in [0.2, 0.25) is 0 Å². The van der Waals surface area contributed by atoms with E-state index in [0.29, 0.717) is 37.3 Å². The lowest BCUT2D eigenvalue weighted by atomic mass is 10.1. The van der Waals surface area contributed by atoms with Crippen LogP contribution in [0, 0.1) is 12.7 Å². The number of carbonyl (C=O) groups is 1. The summed E-state index contributed by atoms with van der Waals surface area (Å²) in [6.45, 7) is 4.89. The van der Waals surface area contributed by atoms with Crippen LogP contribution in [-0.2, 0) is 34.3 Å². The number of aromatic nitrogens is 2. The van der Waals surface area contributed by atoms with E-state index in [2.05, 4.69) is 5.10 Å². The van der Waals surface area contributed by atoms with Gasteiger partial charge in [-0.25, -0.2) is 12.8 Å². The molecule has 0 radical (unpaired) electrons. The average Bonchev–Trinajstić information content (AvgIpc) is 3.18. The van der Waals surface area contributed by atoms with Crippen LogP contribution in [-0.4, -0.2) is 47.3 Å². The molecule has 1 saturated heterocycles. The van der Waals surface area contributed by atoms with Gasteiger partial charge in [0, 0.05) is 12.6 Å². The molecule has 0 spiro atoms. The van der Waals surface area contributed by atoms with Gasteiger partial charge in [0.25, 0.3) is 0 Å². The minimum atomic E-state index is -3.31. The number of halogens is 1. The average molecular weight is 406 g/mol. The number of fused-ring (bicyclic) bond motifs is 1. The molecule has 0 aliphatic carbocycles. The Kier molecular flexibility index (Phi) is 4.65. The smallest absolute Gasteiger partial charge is 0.235 e. The Morgan fingerprint density at radius 3 is 2.82 bits per heavy atom. The molecule has 3 heterocycles. The van der Waals surface area contributed by atoms with Crippen LogP contribution in [0.3, 0.4) is 0 Å². The van der Waals surface area contributed by atoms with Gasteiger partial charge in [0.1, 0.15) is 5.82 Å². The zero-order valence-electron chi connectivity index (χ0n) is 15.9. The summed E-state index contributed by atoms with van der Waals surface area (Å²) in [7, 11) is -3.31. The first-order chi connectivity index (χ1) is 13.3. The molecule has 2 aliphatic rings. The van der Waals surface area contributed by atoms with Crippen LogP contribution in [0.5, 0.6) is 0 Å². The number of rotatable bonds is 3. The molecule has 2 aliphatic heterocycles. The number of sulfonamides is 1. The van der Waals surface area contributed by atoms with Crippen molar-refractivity contribution in [2.45, 2.75) is 45.8 Å². The third kappa shape index (κ3) is 3.28. The van der Waals surface area contributed by atoms with Crippen molar-refractivity contribution < 1.29 is 17.6 Å². The highest BCUT2D eigenvalue weighted by Crippen LogP contribution is 2.31. The minimum absolute atomic E-state index is 0.0653. The zero-order valence-corrected chi connectivity index (χ0v) is 16.7. The highest BCUT2D eigenvalue weighted by Gasteiger charge is 2.35. The summed E-state index contributed by atoms with van der Waals surface area (Å²) in [6, 6.07) is 4.63. The maximum absolute atomic E-state index is 13.5. The van der Waals surface area contributed by atoms with Gasteiger partial charge in [-0.05, 0) is 37.5 Å². The van der Waals surface area contributed by atoms with Gasteiger partial charge in [-0.2, -0.15) is 5.10 Å². The summed E-state index contributed by atoms with van der Waals surface area (Å²) in [5.74, 6) is -0.218. The second-order valence-electron chi connectivity index (χ2n) is 7.53. The molecule has 4 rings (SSSR count). The molecule has 9 heteroatoms. The molecule has 28 heavy (non-hydrogen) atoms. The van der Waals surface area contributed by atoms with Crippen molar-refractivity contribution in [3.05, 3.63) is 47.0 Å². The molecule has 1 amide bonds. The molecule has 0 bridgehead atoms. The number of nitrogens with zero attached hydrogens (tertiary/aromatic N) is 4. The molecule has 0 N–H and O–H groups in total. The van der Waals surface area contributed by atoms with Crippen molar-refractivity contribution in [3.63, 3.8) is 0 Å². The van der Waals surface area contributed by atoms with E-state index in [1.165, 1.54) is 10.4 Å². The fraction of sp³-hybridized carbons (Fsp3) is 0.474. The van der Waals surface area contributed by atoms with Gasteiger partial charge in [-0.3, -0.25) is 13.8 Å². The molecule has 0 unspecified atom stereocenters. The van der Waals surface area contributed by atoms with E-state index < -0.39 is 10.0 Å². The number of carbonyl (C=O) groups excluding carboxylic acids is 1. The third-order valence-corrected chi connectivity index (χ3v) is 7.34. The highest BCUT2D eigenvalue weighted by atomic mass is 32.2. The fourth-order valence-corrected chi connectivity index (χ4v) is 5.51. The molecule has 2 aromatic rings. The van der Waals surface area contributed by atoms with E-state index in [4.69, 9.17) is 0 Å². The molecular formula is C19H23FN4O3S. The lowest BCUT2D eigenvalue weighted by molar-refractivity contribution is -0.134. The van der Waals surface area contributed by atoms with Crippen molar-refractivity contribution >= 4 is 21.6 Å². The van der Waals surface area contributed by atoms with Crippen LogP contribution in [0.4, 0.5) is 10.1 Å². The van der Waals surface area contributed by atoms with E-state index in [1.54, 1.807) is 34.8 Å². The lowest BCUT2D eigenvalue weighted by Crippen LogP contribution is -2.46. The summed E-state index contributed by atoms with van der Waals surface area (Å²) in [6.07, 6.45) is 2.36. The van der Waals surface area contributed by atoms with Crippen LogP contribution in [0.25, 0.3) is 0 Å². The molecule has 1 aromatic heterocycles. The Balaban J connectivity index is 1.58. The van der Waals surface area contributed by atoms with E-state index in [1.807, 2.05) is 6.92 Å². The Labute approximate surface area is 163 Å². The predicted octanol–water partition coefficient (Wildman–Crippen LogP) is 1.84. The number of anilines is 1. The van der Waals surface area contributed by atoms with Gasteiger partial charge in [-0.15, -0.1) is 0 Å². The molecule has 0 saturated carbocycles. The Morgan fingerprint density at radius 1 is 1.36 bits per heavy atom. The summed E-state index contributed by atoms with van der Waals surface area (Å²) >= 11 is 0. The molecule has 1 aromatic carbocycles. The van der Waals surface area contributed by atoms with E-state index in [9.17, 15) is 17.6 Å². The van der Waals surface area contributed by atoms with Gasteiger partial charge < -0.3 is 4.90 Å². The molecule has 150 valence electrons. The van der Waals surface area contributed by atoms with E-state index in [0.717, 1.165) is 11.3 Å². The SMILES string of the molecule is Cc1cc(CC(=O)N2Cc3c(N4CCCS4(=O)=O)cnn3C[C@@H]2C)ccc1F. The maximum atomic E-state index is 13.5. The standard InChI is InChI=1S/C19H23FN4O3S/c1-13-8-15(4-5-16(13)20)9-19(25)22-12-18-17(10-21-23(18)11-14(22)2)24-6-3-7-28(24,26)27/h4-5,8,10,14H,3,6-7,9,11-12H2,1-2H3/t14-/m0/s1. The largest absolute Gasteiger partial charge is 0.332 e. The normalized spacial score (nSPS) is 21.0. The summed E-state index contributed by atoms with van der Waals surface area (Å²) in [4.78, 5) is 14.7. The fourth-order valence-electron chi connectivity index (χ4n) is 3.93. The number of benzene rings is 1. The van der Waals surface area contributed by atoms with E-state index in [-0.39, 0.29) is 29.9 Å². The highest BCUT2D eigenvalue weighted by molar-refractivity contribution is 7.93. The Bertz CT molecular complexity index is 1030. The van der Waals surface area contributed by atoms with Gasteiger partial charge in [-0.1, -0.05) is 12.1 Å². The van der Waals surface area contributed by atoms with Crippen molar-refractivity contribution in [1.29, 1.82) is 0 Å². The Hall–Kier alpha value is -2.42. The number of hydrogen-bond donors (Lipinski definition) is 0. The maximum Gasteiger partial charge on any atom is 0.235 e. The second-order valence-corrected chi connectivity index (χ2v) is 9.54. The van der Waals surface area contributed by atoms with Gasteiger partial charge in [0.15, 0.2) is 0 Å². The number of aryl methyl sites for hydroxylation is 1. The summed E-state index contributed by atoms with van der Waals surface area (Å²) in [5, 5.41) is 4.35. The van der Waals surface area contributed by atoms with Crippen LogP contribution in [0.1, 0.15) is 30.2 Å². The Morgan fingerprint density at radius 2 is 2.14 bits per heavy atom.